The van der Waals surface area contributed by atoms with E-state index in [1.165, 1.54) is 6.20 Å². The highest BCUT2D eigenvalue weighted by Gasteiger charge is 2.24. The van der Waals surface area contributed by atoms with E-state index < -0.39 is 0 Å². The average Bonchev–Trinajstić information content (AvgIpc) is 2.69. The Balaban J connectivity index is 2.09. The van der Waals surface area contributed by atoms with Gasteiger partial charge in [0.05, 0.1) is 18.8 Å². The Morgan fingerprint density at radius 3 is 3.05 bits per heavy atom. The minimum absolute atomic E-state index is 0.0285. The van der Waals surface area contributed by atoms with Gasteiger partial charge in [-0.15, -0.1) is 0 Å². The van der Waals surface area contributed by atoms with E-state index in [0.717, 1.165) is 24.2 Å². The van der Waals surface area contributed by atoms with Crippen molar-refractivity contribution >= 4 is 5.82 Å². The number of ether oxygens (including phenoxy) is 1. The molecular weight excluding hydrogens is 240 g/mol. The molecule has 2 N–H and O–H groups in total. The van der Waals surface area contributed by atoms with E-state index in [2.05, 4.69) is 11.2 Å². The van der Waals surface area contributed by atoms with E-state index in [4.69, 9.17) is 15.7 Å². The van der Waals surface area contributed by atoms with E-state index in [9.17, 15) is 0 Å². The molecule has 0 fully saturated rings. The van der Waals surface area contributed by atoms with E-state index >= 15 is 0 Å². The molecule has 0 spiro atoms. The van der Waals surface area contributed by atoms with E-state index in [-0.39, 0.29) is 6.04 Å². The monoisotopic (exact) mass is 254 g/mol. The first kappa shape index (κ1) is 11.6. The summed E-state index contributed by atoms with van der Waals surface area (Å²) in [5.41, 5.74) is 7.48. The number of nitrogens with zero attached hydrogens (tertiary/aromatic N) is 3. The van der Waals surface area contributed by atoms with Gasteiger partial charge in [0, 0.05) is 5.56 Å². The topological polar surface area (TPSA) is 76.9 Å². The fourth-order valence-electron chi connectivity index (χ4n) is 2.46. The molecule has 1 aromatic heterocycles. The molecule has 0 saturated heterocycles. The Morgan fingerprint density at radius 1 is 1.42 bits per heavy atom. The summed E-state index contributed by atoms with van der Waals surface area (Å²) in [6.45, 7) is 0.694. The van der Waals surface area contributed by atoms with Crippen LogP contribution in [0.3, 0.4) is 0 Å². The average molecular weight is 254 g/mol. The van der Waals surface area contributed by atoms with Gasteiger partial charge in [0.25, 0.3) is 0 Å². The second kappa shape index (κ2) is 4.65. The molecule has 5 heteroatoms. The van der Waals surface area contributed by atoms with Crippen LogP contribution in [0.1, 0.15) is 30.0 Å². The summed E-state index contributed by atoms with van der Waals surface area (Å²) in [5.74, 6) is 1.29. The largest absolute Gasteiger partial charge is 0.493 e. The molecular formula is C14H14N4O. The molecule has 0 radical (unpaired) electrons. The van der Waals surface area contributed by atoms with Gasteiger partial charge in [0.15, 0.2) is 0 Å². The SMILES string of the molecule is N#Cc1cnn(C2CCCOc3ccccc32)c1N. The Labute approximate surface area is 111 Å². The van der Waals surface area contributed by atoms with Crippen molar-refractivity contribution in [3.63, 3.8) is 0 Å². The first-order valence-corrected chi connectivity index (χ1v) is 6.26. The zero-order chi connectivity index (χ0) is 13.2. The van der Waals surface area contributed by atoms with Crippen molar-refractivity contribution in [1.82, 2.24) is 9.78 Å². The standard InChI is InChI=1S/C14H14N4O/c15-8-10-9-17-18(14(10)16)12-5-3-7-19-13-6-2-1-4-11(12)13/h1-2,4,6,9,12H,3,5,7,16H2. The van der Waals surface area contributed by atoms with Crippen molar-refractivity contribution in [2.75, 3.05) is 12.3 Å². The lowest BCUT2D eigenvalue weighted by molar-refractivity contribution is 0.315. The highest BCUT2D eigenvalue weighted by atomic mass is 16.5. The lowest BCUT2D eigenvalue weighted by Gasteiger charge is -2.18. The van der Waals surface area contributed by atoms with E-state index in [1.807, 2.05) is 24.3 Å². The minimum Gasteiger partial charge on any atom is -0.493 e. The number of hydrogen-bond acceptors (Lipinski definition) is 4. The summed E-state index contributed by atoms with van der Waals surface area (Å²) >= 11 is 0. The maximum absolute atomic E-state index is 8.97. The van der Waals surface area contributed by atoms with Crippen molar-refractivity contribution in [2.24, 2.45) is 0 Å². The smallest absolute Gasteiger partial charge is 0.140 e. The van der Waals surface area contributed by atoms with Gasteiger partial charge in [-0.2, -0.15) is 10.4 Å². The Hall–Kier alpha value is -2.48. The van der Waals surface area contributed by atoms with Crippen LogP contribution >= 0.6 is 0 Å². The number of para-hydroxylation sites is 1. The number of anilines is 1. The third kappa shape index (κ3) is 1.91. The summed E-state index contributed by atoms with van der Waals surface area (Å²) in [6.07, 6.45) is 3.35. The summed E-state index contributed by atoms with van der Waals surface area (Å²) in [5, 5.41) is 13.2. The quantitative estimate of drug-likeness (QED) is 0.845. The van der Waals surface area contributed by atoms with Crippen molar-refractivity contribution in [3.05, 3.63) is 41.6 Å². The number of hydrogen-bond donors (Lipinski definition) is 1. The van der Waals surface area contributed by atoms with Crippen LogP contribution in [-0.2, 0) is 0 Å². The molecule has 96 valence electrons. The van der Waals surface area contributed by atoms with Crippen molar-refractivity contribution < 1.29 is 4.74 Å². The molecule has 1 atom stereocenters. The highest BCUT2D eigenvalue weighted by molar-refractivity contribution is 5.49. The number of rotatable bonds is 1. The third-order valence-electron chi connectivity index (χ3n) is 3.41. The summed E-state index contributed by atoms with van der Waals surface area (Å²) in [4.78, 5) is 0. The molecule has 1 unspecified atom stereocenters. The van der Waals surface area contributed by atoms with Crippen LogP contribution in [0.5, 0.6) is 5.75 Å². The van der Waals surface area contributed by atoms with Crippen molar-refractivity contribution in [1.29, 1.82) is 5.26 Å². The molecule has 1 aliphatic heterocycles. The fraction of sp³-hybridized carbons (Fsp3) is 0.286. The molecule has 0 amide bonds. The van der Waals surface area contributed by atoms with Crippen LogP contribution in [-0.4, -0.2) is 16.4 Å². The van der Waals surface area contributed by atoms with Gasteiger partial charge < -0.3 is 10.5 Å². The summed E-state index contributed by atoms with van der Waals surface area (Å²) < 4.78 is 7.45. The molecule has 2 aromatic rings. The highest BCUT2D eigenvalue weighted by Crippen LogP contribution is 2.35. The number of nitrogen functional groups attached to an aromatic ring is 1. The van der Waals surface area contributed by atoms with E-state index in [1.54, 1.807) is 4.68 Å². The summed E-state index contributed by atoms with van der Waals surface area (Å²) in [6, 6.07) is 10.00. The molecule has 1 aliphatic rings. The normalized spacial score (nSPS) is 17.9. The van der Waals surface area contributed by atoms with Crippen LogP contribution in [0, 0.1) is 11.3 Å². The lowest BCUT2D eigenvalue weighted by atomic mass is 10.0. The third-order valence-corrected chi connectivity index (χ3v) is 3.41. The van der Waals surface area contributed by atoms with Crippen LogP contribution in [0.4, 0.5) is 5.82 Å². The van der Waals surface area contributed by atoms with E-state index in [0.29, 0.717) is 18.0 Å². The van der Waals surface area contributed by atoms with Gasteiger partial charge in [-0.05, 0) is 18.9 Å². The number of nitrogens with two attached hydrogens (primary N) is 1. The van der Waals surface area contributed by atoms with Gasteiger partial charge in [-0.1, -0.05) is 18.2 Å². The summed E-state index contributed by atoms with van der Waals surface area (Å²) in [7, 11) is 0. The fourth-order valence-corrected chi connectivity index (χ4v) is 2.46. The molecule has 0 bridgehead atoms. The maximum Gasteiger partial charge on any atom is 0.140 e. The molecule has 0 aliphatic carbocycles. The van der Waals surface area contributed by atoms with Crippen molar-refractivity contribution in [3.8, 4) is 11.8 Å². The first-order chi connectivity index (χ1) is 9.31. The van der Waals surface area contributed by atoms with Gasteiger partial charge in [-0.3, -0.25) is 0 Å². The second-order valence-corrected chi connectivity index (χ2v) is 4.54. The van der Waals surface area contributed by atoms with Crippen LogP contribution in [0.15, 0.2) is 30.5 Å². The molecule has 3 rings (SSSR count). The zero-order valence-electron chi connectivity index (χ0n) is 10.4. The van der Waals surface area contributed by atoms with Crippen LogP contribution in [0.25, 0.3) is 0 Å². The van der Waals surface area contributed by atoms with Crippen LogP contribution in [0.2, 0.25) is 0 Å². The molecule has 5 nitrogen and oxygen atoms in total. The van der Waals surface area contributed by atoms with Gasteiger partial charge in [-0.25, -0.2) is 4.68 Å². The molecule has 2 heterocycles. The first-order valence-electron chi connectivity index (χ1n) is 6.26. The number of nitriles is 1. The van der Waals surface area contributed by atoms with Gasteiger partial charge in [0.2, 0.25) is 0 Å². The minimum atomic E-state index is 0.0285. The number of benzene rings is 1. The molecule has 0 saturated carbocycles. The molecule has 19 heavy (non-hydrogen) atoms. The van der Waals surface area contributed by atoms with Crippen LogP contribution < -0.4 is 10.5 Å². The lowest BCUT2D eigenvalue weighted by Crippen LogP contribution is -2.14. The Kier molecular flexibility index (Phi) is 2.84. The van der Waals surface area contributed by atoms with Crippen molar-refractivity contribution in [2.45, 2.75) is 18.9 Å². The predicted octanol–water partition coefficient (Wildman–Crippen LogP) is 2.10. The Bertz CT molecular complexity index is 641. The number of fused-ring (bicyclic) bond motifs is 1. The van der Waals surface area contributed by atoms with Gasteiger partial charge >= 0.3 is 0 Å². The predicted molar refractivity (Wildman–Crippen MR) is 70.7 cm³/mol. The second-order valence-electron chi connectivity index (χ2n) is 4.54. The number of aromatic nitrogens is 2. The zero-order valence-corrected chi connectivity index (χ0v) is 10.4. The Morgan fingerprint density at radius 2 is 2.26 bits per heavy atom. The molecule has 1 aromatic carbocycles. The van der Waals surface area contributed by atoms with Gasteiger partial charge in [0.1, 0.15) is 23.2 Å². The maximum atomic E-state index is 8.97.